The summed E-state index contributed by atoms with van der Waals surface area (Å²) in [5, 5.41) is 2.33. The van der Waals surface area contributed by atoms with Crippen LogP contribution >= 0.6 is 23.5 Å². The van der Waals surface area contributed by atoms with E-state index in [-0.39, 0.29) is 0 Å². The summed E-state index contributed by atoms with van der Waals surface area (Å²) in [6.45, 7) is 9.12. The van der Waals surface area contributed by atoms with Crippen molar-refractivity contribution >= 4 is 23.5 Å². The Labute approximate surface area is 78.2 Å². The van der Waals surface area contributed by atoms with Crippen LogP contribution in [0.5, 0.6) is 0 Å². The van der Waals surface area contributed by atoms with Crippen molar-refractivity contribution in [2.75, 3.05) is 0 Å². The van der Waals surface area contributed by atoms with Crippen molar-refractivity contribution in [1.29, 1.82) is 0 Å². The van der Waals surface area contributed by atoms with E-state index in [2.05, 4.69) is 44.9 Å². The molecule has 0 aromatic carbocycles. The molecule has 11 heavy (non-hydrogen) atoms. The molecule has 0 spiro atoms. The largest absolute Gasteiger partial charge is 0.118 e. The monoisotopic (exact) mass is 188 g/mol. The topological polar surface area (TPSA) is 0 Å². The van der Waals surface area contributed by atoms with Gasteiger partial charge in [0.25, 0.3) is 0 Å². The van der Waals surface area contributed by atoms with E-state index in [1.807, 2.05) is 11.8 Å². The number of hydrogen-bond acceptors (Lipinski definition) is 2. The van der Waals surface area contributed by atoms with Crippen molar-refractivity contribution in [2.24, 2.45) is 11.8 Å². The SMILES string of the molecule is CC(C)C1=CSC(C(C)C)S1. The van der Waals surface area contributed by atoms with Gasteiger partial charge in [0.15, 0.2) is 0 Å². The fourth-order valence-corrected chi connectivity index (χ4v) is 3.67. The van der Waals surface area contributed by atoms with Gasteiger partial charge in [-0.3, -0.25) is 0 Å². The molecule has 1 unspecified atom stereocenters. The standard InChI is InChI=1S/C9H16S2/c1-6(2)8-5-10-9(11-8)7(3)4/h5-7,9H,1-4H3. The highest BCUT2D eigenvalue weighted by atomic mass is 32.2. The second kappa shape index (κ2) is 3.90. The number of thioether (sulfide) groups is 2. The first-order chi connectivity index (χ1) is 5.11. The lowest BCUT2D eigenvalue weighted by molar-refractivity contribution is 0.722. The highest BCUT2D eigenvalue weighted by molar-refractivity contribution is 8.23. The number of rotatable bonds is 2. The predicted molar refractivity (Wildman–Crippen MR) is 56.7 cm³/mol. The van der Waals surface area contributed by atoms with Crippen LogP contribution in [0, 0.1) is 11.8 Å². The molecule has 1 atom stereocenters. The van der Waals surface area contributed by atoms with Crippen LogP contribution in [-0.2, 0) is 0 Å². The first kappa shape index (κ1) is 9.53. The molecule has 0 radical (unpaired) electrons. The molecule has 0 saturated carbocycles. The quantitative estimate of drug-likeness (QED) is 0.643. The third-order valence-corrected chi connectivity index (χ3v) is 5.30. The Bertz CT molecular complexity index is 159. The first-order valence-electron chi connectivity index (χ1n) is 4.13. The molecule has 1 aliphatic rings. The van der Waals surface area contributed by atoms with Crippen molar-refractivity contribution in [3.63, 3.8) is 0 Å². The molecule has 0 fully saturated rings. The molecule has 64 valence electrons. The zero-order chi connectivity index (χ0) is 8.43. The van der Waals surface area contributed by atoms with E-state index in [9.17, 15) is 0 Å². The van der Waals surface area contributed by atoms with E-state index in [4.69, 9.17) is 0 Å². The van der Waals surface area contributed by atoms with Crippen LogP contribution in [0.4, 0.5) is 0 Å². The van der Waals surface area contributed by atoms with Crippen LogP contribution in [0.1, 0.15) is 27.7 Å². The second-order valence-corrected chi connectivity index (χ2v) is 6.07. The molecule has 1 rings (SSSR count). The summed E-state index contributed by atoms with van der Waals surface area (Å²) < 4.78 is 0.771. The van der Waals surface area contributed by atoms with Gasteiger partial charge in [0.2, 0.25) is 0 Å². The molecular formula is C9H16S2. The van der Waals surface area contributed by atoms with Gasteiger partial charge >= 0.3 is 0 Å². The summed E-state index contributed by atoms with van der Waals surface area (Å²) in [7, 11) is 0. The van der Waals surface area contributed by atoms with Crippen LogP contribution in [0.2, 0.25) is 0 Å². The Balaban J connectivity index is 2.43. The third-order valence-electron chi connectivity index (χ3n) is 1.68. The summed E-state index contributed by atoms with van der Waals surface area (Å²) >= 11 is 4.04. The van der Waals surface area contributed by atoms with Gasteiger partial charge in [0.05, 0.1) is 4.58 Å². The molecule has 1 heterocycles. The molecule has 0 saturated heterocycles. The van der Waals surface area contributed by atoms with E-state index in [1.165, 1.54) is 0 Å². The van der Waals surface area contributed by atoms with Gasteiger partial charge in [-0.15, -0.1) is 23.5 Å². The van der Waals surface area contributed by atoms with Gasteiger partial charge in [0.1, 0.15) is 0 Å². The van der Waals surface area contributed by atoms with Crippen molar-refractivity contribution in [1.82, 2.24) is 0 Å². The Morgan fingerprint density at radius 1 is 1.27 bits per heavy atom. The van der Waals surface area contributed by atoms with Crippen molar-refractivity contribution in [2.45, 2.75) is 32.3 Å². The average Bonchev–Trinajstić information content (AvgIpc) is 2.33. The number of hydrogen-bond donors (Lipinski definition) is 0. The summed E-state index contributed by atoms with van der Waals surface area (Å²) in [5.41, 5.74) is 0. The minimum atomic E-state index is 0.719. The molecule has 0 amide bonds. The molecule has 0 aliphatic carbocycles. The smallest absolute Gasteiger partial charge is 0.0611 e. The maximum Gasteiger partial charge on any atom is 0.0611 e. The highest BCUT2D eigenvalue weighted by Gasteiger charge is 2.22. The van der Waals surface area contributed by atoms with Gasteiger partial charge in [-0.25, -0.2) is 0 Å². The van der Waals surface area contributed by atoms with Gasteiger partial charge in [-0.05, 0) is 22.1 Å². The van der Waals surface area contributed by atoms with Gasteiger partial charge in [-0.2, -0.15) is 0 Å². The van der Waals surface area contributed by atoms with Crippen LogP contribution in [-0.4, -0.2) is 4.58 Å². The minimum Gasteiger partial charge on any atom is -0.118 e. The van der Waals surface area contributed by atoms with E-state index in [1.54, 1.807) is 4.91 Å². The lowest BCUT2D eigenvalue weighted by atomic mass is 10.2. The summed E-state index contributed by atoms with van der Waals surface area (Å²) in [6, 6.07) is 0. The lowest BCUT2D eigenvalue weighted by Gasteiger charge is -2.13. The summed E-state index contributed by atoms with van der Waals surface area (Å²) in [6.07, 6.45) is 0. The van der Waals surface area contributed by atoms with Crippen molar-refractivity contribution in [3.05, 3.63) is 10.3 Å². The average molecular weight is 188 g/mol. The molecular weight excluding hydrogens is 172 g/mol. The normalized spacial score (nSPS) is 24.9. The first-order valence-corrected chi connectivity index (χ1v) is 5.95. The zero-order valence-electron chi connectivity index (χ0n) is 7.63. The molecule has 0 aromatic rings. The Morgan fingerprint density at radius 2 is 1.91 bits per heavy atom. The Morgan fingerprint density at radius 3 is 2.18 bits per heavy atom. The van der Waals surface area contributed by atoms with Crippen LogP contribution < -0.4 is 0 Å². The molecule has 0 aromatic heterocycles. The summed E-state index contributed by atoms with van der Waals surface area (Å²) in [5.74, 6) is 1.51. The van der Waals surface area contributed by atoms with Gasteiger partial charge < -0.3 is 0 Å². The van der Waals surface area contributed by atoms with Crippen molar-refractivity contribution in [3.8, 4) is 0 Å². The minimum absolute atomic E-state index is 0.719. The van der Waals surface area contributed by atoms with E-state index < -0.39 is 0 Å². The fourth-order valence-electron chi connectivity index (χ4n) is 0.889. The van der Waals surface area contributed by atoms with Crippen LogP contribution in [0.3, 0.4) is 0 Å². The van der Waals surface area contributed by atoms with E-state index in [0.29, 0.717) is 0 Å². The predicted octanol–water partition coefficient (Wildman–Crippen LogP) is 3.95. The van der Waals surface area contributed by atoms with Crippen LogP contribution in [0.15, 0.2) is 10.3 Å². The molecule has 0 N–H and O–H groups in total. The number of allylic oxidation sites excluding steroid dienone is 1. The lowest BCUT2D eigenvalue weighted by Crippen LogP contribution is -2.02. The van der Waals surface area contributed by atoms with E-state index >= 15 is 0 Å². The van der Waals surface area contributed by atoms with E-state index in [0.717, 1.165) is 16.4 Å². The maximum atomic E-state index is 2.33. The van der Waals surface area contributed by atoms with Crippen molar-refractivity contribution < 1.29 is 0 Å². The Hall–Kier alpha value is 0.440. The highest BCUT2D eigenvalue weighted by Crippen LogP contribution is 2.46. The van der Waals surface area contributed by atoms with Gasteiger partial charge in [0, 0.05) is 0 Å². The molecule has 1 aliphatic heterocycles. The van der Waals surface area contributed by atoms with Crippen LogP contribution in [0.25, 0.3) is 0 Å². The second-order valence-electron chi connectivity index (χ2n) is 3.54. The third kappa shape index (κ3) is 2.45. The molecule has 2 heteroatoms. The van der Waals surface area contributed by atoms with Gasteiger partial charge in [-0.1, -0.05) is 27.7 Å². The summed E-state index contributed by atoms with van der Waals surface area (Å²) in [4.78, 5) is 1.56. The zero-order valence-corrected chi connectivity index (χ0v) is 9.26. The fraction of sp³-hybridized carbons (Fsp3) is 0.778. The molecule has 0 nitrogen and oxygen atoms in total. The Kier molecular flexibility index (Phi) is 3.38. The maximum absolute atomic E-state index is 2.33. The molecule has 0 bridgehead atoms.